The molecule has 0 saturated carbocycles. The van der Waals surface area contributed by atoms with Crippen LogP contribution < -0.4 is 5.32 Å². The van der Waals surface area contributed by atoms with Crippen molar-refractivity contribution in [1.29, 1.82) is 0 Å². The molecule has 0 bridgehead atoms. The summed E-state index contributed by atoms with van der Waals surface area (Å²) < 4.78 is 1.94. The molecule has 0 fully saturated rings. The Balaban J connectivity index is 1.36. The van der Waals surface area contributed by atoms with Crippen molar-refractivity contribution in [3.05, 3.63) is 83.2 Å². The number of rotatable bonds is 6. The summed E-state index contributed by atoms with van der Waals surface area (Å²) in [6.45, 7) is 8.39. The van der Waals surface area contributed by atoms with Crippen LogP contribution in [0.5, 0.6) is 0 Å². The van der Waals surface area contributed by atoms with Gasteiger partial charge in [0.05, 0.1) is 18.4 Å². The van der Waals surface area contributed by atoms with Crippen LogP contribution in [0.15, 0.2) is 60.9 Å². The zero-order valence-electron chi connectivity index (χ0n) is 18.6. The maximum Gasteiger partial charge on any atom is 0.238 e. The molecule has 160 valence electrons. The van der Waals surface area contributed by atoms with Gasteiger partial charge in [-0.15, -0.1) is 0 Å². The Morgan fingerprint density at radius 1 is 1.13 bits per heavy atom. The zero-order valence-corrected chi connectivity index (χ0v) is 18.6. The van der Waals surface area contributed by atoms with Gasteiger partial charge in [-0.3, -0.25) is 9.69 Å². The van der Waals surface area contributed by atoms with E-state index in [4.69, 9.17) is 0 Å². The number of hydrogen-bond donors (Lipinski definition) is 1. The van der Waals surface area contributed by atoms with Crippen molar-refractivity contribution in [2.75, 3.05) is 25.0 Å². The molecule has 0 unspecified atom stereocenters. The molecular weight excluding hydrogens is 384 g/mol. The molecule has 5 heteroatoms. The molecule has 1 aliphatic rings. The number of anilines is 1. The number of aryl methyl sites for hydroxylation is 3. The lowest BCUT2D eigenvalue weighted by Gasteiger charge is -2.25. The Labute approximate surface area is 184 Å². The first-order valence-corrected chi connectivity index (χ1v) is 11.0. The number of carbonyl (C=O) groups excluding carboxylic acids is 1. The molecule has 1 N–H and O–H groups in total. The van der Waals surface area contributed by atoms with E-state index in [0.717, 1.165) is 48.4 Å². The fraction of sp³-hybridized carbons (Fsp3) is 0.308. The number of para-hydroxylation sites is 1. The Kier molecular flexibility index (Phi) is 6.33. The minimum absolute atomic E-state index is 0.0420. The van der Waals surface area contributed by atoms with Crippen molar-refractivity contribution in [3.63, 3.8) is 0 Å². The molecular formula is C26H30N4O. The molecule has 2 aromatic carbocycles. The Hall–Kier alpha value is -3.18. The molecule has 1 amide bonds. The van der Waals surface area contributed by atoms with E-state index in [2.05, 4.69) is 72.6 Å². The molecule has 3 aromatic rings. The highest BCUT2D eigenvalue weighted by atomic mass is 16.2. The van der Waals surface area contributed by atoms with Gasteiger partial charge >= 0.3 is 0 Å². The largest absolute Gasteiger partial charge is 0.325 e. The molecule has 1 aliphatic heterocycles. The molecule has 0 spiro atoms. The first-order chi connectivity index (χ1) is 15.0. The second-order valence-electron chi connectivity index (χ2n) is 8.22. The minimum Gasteiger partial charge on any atom is -0.325 e. The van der Waals surface area contributed by atoms with Gasteiger partial charge in [-0.25, -0.2) is 4.68 Å². The Morgan fingerprint density at radius 2 is 1.97 bits per heavy atom. The first kappa shape index (κ1) is 21.1. The lowest BCUT2D eigenvalue weighted by Crippen LogP contribution is -2.36. The van der Waals surface area contributed by atoms with Gasteiger partial charge in [-0.1, -0.05) is 37.3 Å². The molecule has 2 heterocycles. The lowest BCUT2D eigenvalue weighted by molar-refractivity contribution is -0.117. The number of nitrogens with zero attached hydrogens (tertiary/aromatic N) is 3. The molecule has 0 radical (unpaired) electrons. The van der Waals surface area contributed by atoms with Crippen molar-refractivity contribution in [3.8, 4) is 5.69 Å². The van der Waals surface area contributed by atoms with E-state index in [0.29, 0.717) is 6.54 Å². The minimum atomic E-state index is 0.0420. The van der Waals surface area contributed by atoms with Crippen LogP contribution in [0.3, 0.4) is 0 Å². The van der Waals surface area contributed by atoms with Gasteiger partial charge in [0.1, 0.15) is 0 Å². The predicted molar refractivity (Wildman–Crippen MR) is 127 cm³/mol. The van der Waals surface area contributed by atoms with Crippen LogP contribution in [-0.4, -0.2) is 40.2 Å². The quantitative estimate of drug-likeness (QED) is 0.632. The summed E-state index contributed by atoms with van der Waals surface area (Å²) in [5.74, 6) is 0.0420. The van der Waals surface area contributed by atoms with Gasteiger partial charge in [0, 0.05) is 30.5 Å². The topological polar surface area (TPSA) is 50.2 Å². The maximum atomic E-state index is 12.5. The van der Waals surface area contributed by atoms with Crippen molar-refractivity contribution in [2.45, 2.75) is 33.6 Å². The van der Waals surface area contributed by atoms with E-state index in [1.165, 1.54) is 16.7 Å². The SMILES string of the molecule is CCc1ccccc1NC(=O)CN1CC=C(c2cnn(-c3ccc(C)c(C)c3)c2)CC1. The Bertz CT molecular complexity index is 1110. The van der Waals surface area contributed by atoms with Gasteiger partial charge < -0.3 is 5.32 Å². The molecule has 1 aromatic heterocycles. The first-order valence-electron chi connectivity index (χ1n) is 11.0. The lowest BCUT2D eigenvalue weighted by atomic mass is 10.0. The van der Waals surface area contributed by atoms with Crippen molar-refractivity contribution < 1.29 is 4.79 Å². The van der Waals surface area contributed by atoms with Crippen LogP contribution in [0.1, 0.15) is 35.6 Å². The second-order valence-corrected chi connectivity index (χ2v) is 8.22. The van der Waals surface area contributed by atoms with Crippen molar-refractivity contribution in [2.24, 2.45) is 0 Å². The van der Waals surface area contributed by atoms with Gasteiger partial charge in [0.15, 0.2) is 0 Å². The van der Waals surface area contributed by atoms with E-state index >= 15 is 0 Å². The standard InChI is InChI=1S/C26H30N4O/c1-4-21-7-5-6-8-25(21)28-26(31)18-29-13-11-22(12-14-29)23-16-27-30(17-23)24-10-9-19(2)20(3)15-24/h5-11,15-17H,4,12-14,18H2,1-3H3,(H,28,31). The molecule has 0 atom stereocenters. The average Bonchev–Trinajstić information content (AvgIpc) is 3.27. The average molecular weight is 415 g/mol. The van der Waals surface area contributed by atoms with Crippen LogP contribution in [0.2, 0.25) is 0 Å². The third kappa shape index (κ3) is 4.94. The summed E-state index contributed by atoms with van der Waals surface area (Å²) in [6, 6.07) is 14.4. The summed E-state index contributed by atoms with van der Waals surface area (Å²) in [6.07, 6.45) is 8.07. The predicted octanol–water partition coefficient (Wildman–Crippen LogP) is 4.78. The smallest absolute Gasteiger partial charge is 0.238 e. The zero-order chi connectivity index (χ0) is 21.8. The fourth-order valence-electron chi connectivity index (χ4n) is 3.96. The number of carbonyl (C=O) groups is 1. The number of amides is 1. The summed E-state index contributed by atoms with van der Waals surface area (Å²) in [5, 5.41) is 7.63. The third-order valence-electron chi connectivity index (χ3n) is 6.04. The van der Waals surface area contributed by atoms with Gasteiger partial charge in [0.25, 0.3) is 0 Å². The Morgan fingerprint density at radius 3 is 2.71 bits per heavy atom. The van der Waals surface area contributed by atoms with E-state index in [1.807, 2.05) is 29.1 Å². The molecule has 5 nitrogen and oxygen atoms in total. The number of nitrogens with one attached hydrogen (secondary N) is 1. The number of hydrogen-bond acceptors (Lipinski definition) is 3. The molecule has 4 rings (SSSR count). The van der Waals surface area contributed by atoms with Crippen molar-refractivity contribution >= 4 is 17.2 Å². The van der Waals surface area contributed by atoms with Crippen LogP contribution in [0.4, 0.5) is 5.69 Å². The molecule has 31 heavy (non-hydrogen) atoms. The number of benzene rings is 2. The van der Waals surface area contributed by atoms with Gasteiger partial charge in [-0.2, -0.15) is 5.10 Å². The number of aromatic nitrogens is 2. The third-order valence-corrected chi connectivity index (χ3v) is 6.04. The summed E-state index contributed by atoms with van der Waals surface area (Å²) in [7, 11) is 0. The second kappa shape index (κ2) is 9.31. The van der Waals surface area contributed by atoms with Gasteiger partial charge in [-0.05, 0) is 67.2 Å². The highest BCUT2D eigenvalue weighted by molar-refractivity contribution is 5.93. The van der Waals surface area contributed by atoms with Crippen LogP contribution in [0.25, 0.3) is 11.3 Å². The van der Waals surface area contributed by atoms with Gasteiger partial charge in [0.2, 0.25) is 5.91 Å². The fourth-order valence-corrected chi connectivity index (χ4v) is 3.96. The summed E-state index contributed by atoms with van der Waals surface area (Å²) >= 11 is 0. The van der Waals surface area contributed by atoms with E-state index in [9.17, 15) is 4.79 Å². The van der Waals surface area contributed by atoms with Crippen LogP contribution in [-0.2, 0) is 11.2 Å². The van der Waals surface area contributed by atoms with E-state index in [-0.39, 0.29) is 5.91 Å². The molecule has 0 saturated heterocycles. The monoisotopic (exact) mass is 414 g/mol. The van der Waals surface area contributed by atoms with Crippen molar-refractivity contribution in [1.82, 2.24) is 14.7 Å². The summed E-state index contributed by atoms with van der Waals surface area (Å²) in [4.78, 5) is 14.7. The highest BCUT2D eigenvalue weighted by Gasteiger charge is 2.17. The maximum absolute atomic E-state index is 12.5. The highest BCUT2D eigenvalue weighted by Crippen LogP contribution is 2.23. The van der Waals surface area contributed by atoms with E-state index < -0.39 is 0 Å². The molecule has 0 aliphatic carbocycles. The van der Waals surface area contributed by atoms with Crippen LogP contribution in [0, 0.1) is 13.8 Å². The normalized spacial score (nSPS) is 14.4. The summed E-state index contributed by atoms with van der Waals surface area (Å²) in [5.41, 5.74) is 8.16. The van der Waals surface area contributed by atoms with E-state index in [1.54, 1.807) is 0 Å². The van der Waals surface area contributed by atoms with Crippen LogP contribution >= 0.6 is 0 Å².